The molecule has 1 aromatic rings. The van der Waals surface area contributed by atoms with Crippen molar-refractivity contribution in [1.82, 2.24) is 0 Å². The Balaban J connectivity index is 2.17. The molecule has 1 fully saturated rings. The van der Waals surface area contributed by atoms with Crippen LogP contribution < -0.4 is 10.6 Å². The molecule has 2 rings (SSSR count). The van der Waals surface area contributed by atoms with Crippen molar-refractivity contribution >= 4 is 22.9 Å². The quantitative estimate of drug-likeness (QED) is 0.859. The summed E-state index contributed by atoms with van der Waals surface area (Å²) in [5, 5.41) is 0. The predicted molar refractivity (Wildman–Crippen MR) is 83.9 cm³/mol. The first kappa shape index (κ1) is 14.3. The van der Waals surface area contributed by atoms with Gasteiger partial charge in [-0.1, -0.05) is 24.4 Å². The third-order valence-electron chi connectivity index (χ3n) is 3.84. The summed E-state index contributed by atoms with van der Waals surface area (Å²) in [6.45, 7) is 5.09. The number of benzene rings is 1. The van der Waals surface area contributed by atoms with Crippen molar-refractivity contribution in [1.29, 1.82) is 0 Å². The molecule has 0 saturated carbocycles. The van der Waals surface area contributed by atoms with Crippen LogP contribution in [0.2, 0.25) is 0 Å². The highest BCUT2D eigenvalue weighted by atomic mass is 32.1. The van der Waals surface area contributed by atoms with E-state index in [2.05, 4.69) is 17.9 Å². The number of nitrogens with zero attached hydrogens (tertiary/aromatic N) is 1. The summed E-state index contributed by atoms with van der Waals surface area (Å²) < 4.78 is 5.25. The van der Waals surface area contributed by atoms with E-state index in [1.165, 1.54) is 24.1 Å². The Morgan fingerprint density at radius 2 is 2.11 bits per heavy atom. The summed E-state index contributed by atoms with van der Waals surface area (Å²) in [6.07, 6.45) is 2.33. The van der Waals surface area contributed by atoms with Gasteiger partial charge in [0, 0.05) is 38.1 Å². The smallest absolute Gasteiger partial charge is 0.106 e. The van der Waals surface area contributed by atoms with Crippen LogP contribution in [0.1, 0.15) is 24.0 Å². The van der Waals surface area contributed by atoms with Gasteiger partial charge in [-0.15, -0.1) is 0 Å². The molecule has 4 heteroatoms. The lowest BCUT2D eigenvalue weighted by Gasteiger charge is -2.35. The molecule has 0 spiro atoms. The zero-order valence-corrected chi connectivity index (χ0v) is 12.5. The average molecular weight is 278 g/mol. The molecule has 0 atom stereocenters. The van der Waals surface area contributed by atoms with Gasteiger partial charge in [0.25, 0.3) is 0 Å². The van der Waals surface area contributed by atoms with Crippen molar-refractivity contribution in [3.05, 3.63) is 29.3 Å². The molecule has 0 amide bonds. The summed E-state index contributed by atoms with van der Waals surface area (Å²) in [7, 11) is 1.78. The number of aryl methyl sites for hydroxylation is 1. The van der Waals surface area contributed by atoms with Crippen LogP contribution in [0, 0.1) is 12.8 Å². The second-order valence-corrected chi connectivity index (χ2v) is 5.66. The van der Waals surface area contributed by atoms with E-state index < -0.39 is 0 Å². The molecule has 2 N–H and O–H groups in total. The number of rotatable bonds is 4. The molecule has 1 saturated heterocycles. The van der Waals surface area contributed by atoms with Crippen molar-refractivity contribution in [2.45, 2.75) is 19.8 Å². The van der Waals surface area contributed by atoms with Gasteiger partial charge in [-0.2, -0.15) is 0 Å². The lowest BCUT2D eigenvalue weighted by Crippen LogP contribution is -2.36. The van der Waals surface area contributed by atoms with E-state index in [1.54, 1.807) is 7.11 Å². The van der Waals surface area contributed by atoms with E-state index in [9.17, 15) is 0 Å². The first-order valence-electron chi connectivity index (χ1n) is 6.76. The van der Waals surface area contributed by atoms with Crippen LogP contribution in [0.3, 0.4) is 0 Å². The van der Waals surface area contributed by atoms with Gasteiger partial charge in [0.05, 0.1) is 0 Å². The van der Waals surface area contributed by atoms with Gasteiger partial charge < -0.3 is 15.4 Å². The molecule has 1 heterocycles. The summed E-state index contributed by atoms with van der Waals surface area (Å²) >= 11 is 5.17. The maximum atomic E-state index is 5.85. The summed E-state index contributed by atoms with van der Waals surface area (Å²) in [5.41, 5.74) is 9.31. The molecule has 0 bridgehead atoms. The number of hydrogen-bond donors (Lipinski definition) is 1. The molecule has 0 aliphatic carbocycles. The lowest BCUT2D eigenvalue weighted by atomic mass is 9.96. The SMILES string of the molecule is COCC1CCN(c2c(C)cccc2C(N)=S)CC1. The normalized spacial score (nSPS) is 16.6. The Hall–Kier alpha value is -1.13. The number of hydrogen-bond acceptors (Lipinski definition) is 3. The summed E-state index contributed by atoms with van der Waals surface area (Å²) in [5.74, 6) is 0.679. The van der Waals surface area contributed by atoms with E-state index in [0.717, 1.165) is 25.3 Å². The van der Waals surface area contributed by atoms with Gasteiger partial charge in [0.1, 0.15) is 4.99 Å². The molecular weight excluding hydrogens is 256 g/mol. The fourth-order valence-corrected chi connectivity index (χ4v) is 3.00. The van der Waals surface area contributed by atoms with Gasteiger partial charge in [0.2, 0.25) is 0 Å². The predicted octanol–water partition coefficient (Wildman–Crippen LogP) is 2.49. The fourth-order valence-electron chi connectivity index (χ4n) is 2.84. The Morgan fingerprint density at radius 3 is 2.68 bits per heavy atom. The van der Waals surface area contributed by atoms with Gasteiger partial charge in [-0.3, -0.25) is 0 Å². The van der Waals surface area contributed by atoms with Crippen molar-refractivity contribution in [2.75, 3.05) is 31.7 Å². The second-order valence-electron chi connectivity index (χ2n) is 5.22. The summed E-state index contributed by atoms with van der Waals surface area (Å²) in [6, 6.07) is 6.16. The molecule has 19 heavy (non-hydrogen) atoms. The van der Waals surface area contributed by atoms with Crippen LogP contribution in [0.4, 0.5) is 5.69 Å². The molecule has 0 radical (unpaired) electrons. The third kappa shape index (κ3) is 3.25. The average Bonchev–Trinajstić information content (AvgIpc) is 2.40. The van der Waals surface area contributed by atoms with Gasteiger partial charge in [0.15, 0.2) is 0 Å². The van der Waals surface area contributed by atoms with Crippen molar-refractivity contribution in [3.8, 4) is 0 Å². The molecule has 0 unspecified atom stereocenters. The molecule has 104 valence electrons. The second kappa shape index (κ2) is 6.35. The minimum Gasteiger partial charge on any atom is -0.389 e. The number of nitrogens with two attached hydrogens (primary N) is 1. The lowest BCUT2D eigenvalue weighted by molar-refractivity contribution is 0.139. The summed E-state index contributed by atoms with van der Waals surface area (Å²) in [4.78, 5) is 2.90. The van der Waals surface area contributed by atoms with E-state index >= 15 is 0 Å². The van der Waals surface area contributed by atoms with Crippen LogP contribution in [0.5, 0.6) is 0 Å². The van der Waals surface area contributed by atoms with Gasteiger partial charge in [-0.25, -0.2) is 0 Å². The highest BCUT2D eigenvalue weighted by Crippen LogP contribution is 2.29. The maximum Gasteiger partial charge on any atom is 0.106 e. The zero-order chi connectivity index (χ0) is 13.8. The molecule has 1 aliphatic rings. The van der Waals surface area contributed by atoms with Crippen LogP contribution in [0.15, 0.2) is 18.2 Å². The Kier molecular flexibility index (Phi) is 4.77. The maximum absolute atomic E-state index is 5.85. The van der Waals surface area contributed by atoms with E-state index in [-0.39, 0.29) is 0 Å². The standard InChI is InChI=1S/C15H22N2OS/c1-11-4-3-5-13(15(16)19)14(11)17-8-6-12(7-9-17)10-18-2/h3-5,12H,6-10H2,1-2H3,(H2,16,19). The zero-order valence-electron chi connectivity index (χ0n) is 11.7. The van der Waals surface area contributed by atoms with E-state index in [1.807, 2.05) is 12.1 Å². The topological polar surface area (TPSA) is 38.5 Å². The number of methoxy groups -OCH3 is 1. The minimum absolute atomic E-state index is 0.484. The largest absolute Gasteiger partial charge is 0.389 e. The van der Waals surface area contributed by atoms with Crippen LogP contribution in [-0.2, 0) is 4.74 Å². The first-order valence-corrected chi connectivity index (χ1v) is 7.17. The Morgan fingerprint density at radius 1 is 1.42 bits per heavy atom. The van der Waals surface area contributed by atoms with Crippen molar-refractivity contribution < 1.29 is 4.74 Å². The molecule has 1 aliphatic heterocycles. The molecule has 0 aromatic heterocycles. The minimum atomic E-state index is 0.484. The highest BCUT2D eigenvalue weighted by Gasteiger charge is 2.22. The highest BCUT2D eigenvalue weighted by molar-refractivity contribution is 7.80. The Labute approximate surface area is 120 Å². The van der Waals surface area contributed by atoms with Gasteiger partial charge >= 0.3 is 0 Å². The molecule has 1 aromatic carbocycles. The number of piperidine rings is 1. The van der Waals surface area contributed by atoms with Crippen LogP contribution in [0.25, 0.3) is 0 Å². The Bertz CT molecular complexity index is 453. The first-order chi connectivity index (χ1) is 9.13. The number of anilines is 1. The van der Waals surface area contributed by atoms with Crippen LogP contribution in [-0.4, -0.2) is 31.8 Å². The number of ether oxygens (including phenoxy) is 1. The van der Waals surface area contributed by atoms with E-state index in [4.69, 9.17) is 22.7 Å². The third-order valence-corrected chi connectivity index (χ3v) is 4.06. The van der Waals surface area contributed by atoms with E-state index in [0.29, 0.717) is 10.9 Å². The van der Waals surface area contributed by atoms with Crippen molar-refractivity contribution in [3.63, 3.8) is 0 Å². The van der Waals surface area contributed by atoms with Gasteiger partial charge in [-0.05, 0) is 37.3 Å². The van der Waals surface area contributed by atoms with Crippen molar-refractivity contribution in [2.24, 2.45) is 11.7 Å². The number of para-hydroxylation sites is 1. The monoisotopic (exact) mass is 278 g/mol. The number of thiocarbonyl (C=S) groups is 1. The van der Waals surface area contributed by atoms with Crippen LogP contribution >= 0.6 is 12.2 Å². The molecule has 3 nitrogen and oxygen atoms in total. The fraction of sp³-hybridized carbons (Fsp3) is 0.533. The molecular formula is C15H22N2OS.